The fraction of sp³-hybridized carbons (Fsp3) is 0.0588. The molecule has 2 heterocycles. The number of hydrogen-bond donors (Lipinski definition) is 2. The number of rotatable bonds is 6. The van der Waals surface area contributed by atoms with E-state index in [1.54, 1.807) is 18.3 Å². The maximum Gasteiger partial charge on any atom is 0.337 e. The van der Waals surface area contributed by atoms with E-state index in [1.807, 2.05) is 30.3 Å². The van der Waals surface area contributed by atoms with E-state index in [4.69, 9.17) is 4.74 Å². The second-order valence-electron chi connectivity index (χ2n) is 5.05. The Hall–Kier alpha value is -3.71. The van der Waals surface area contributed by atoms with Gasteiger partial charge in [0.25, 0.3) is 0 Å². The number of methoxy groups -OCH3 is 1. The summed E-state index contributed by atoms with van der Waals surface area (Å²) in [6, 6.07) is 12.8. The molecule has 0 spiro atoms. The molecule has 3 aromatic rings. The summed E-state index contributed by atoms with van der Waals surface area (Å²) in [7, 11) is 1.34. The SMILES string of the molecule is COC(=O)c1ccnc(Sc2cccc(NC=C(C#N)c3nn[nH]n3)c2)c1. The van der Waals surface area contributed by atoms with Crippen LogP contribution in [-0.2, 0) is 4.74 Å². The van der Waals surface area contributed by atoms with Gasteiger partial charge in [-0.15, -0.1) is 10.2 Å². The van der Waals surface area contributed by atoms with Gasteiger partial charge in [-0.1, -0.05) is 17.8 Å². The van der Waals surface area contributed by atoms with Crippen molar-refractivity contribution < 1.29 is 9.53 Å². The summed E-state index contributed by atoms with van der Waals surface area (Å²) in [5, 5.41) is 26.2. The molecule has 2 N–H and O–H groups in total. The smallest absolute Gasteiger partial charge is 0.337 e. The van der Waals surface area contributed by atoms with E-state index in [1.165, 1.54) is 25.1 Å². The van der Waals surface area contributed by atoms with Crippen LogP contribution in [0.4, 0.5) is 5.69 Å². The summed E-state index contributed by atoms with van der Waals surface area (Å²) >= 11 is 1.40. The molecular formula is C17H13N7O2S. The Morgan fingerprint density at radius 2 is 2.26 bits per heavy atom. The molecule has 9 nitrogen and oxygen atoms in total. The fourth-order valence-electron chi connectivity index (χ4n) is 2.06. The van der Waals surface area contributed by atoms with Crippen molar-refractivity contribution in [3.63, 3.8) is 0 Å². The molecule has 3 rings (SSSR count). The highest BCUT2D eigenvalue weighted by molar-refractivity contribution is 7.99. The number of anilines is 1. The molecular weight excluding hydrogens is 366 g/mol. The third-order valence-corrected chi connectivity index (χ3v) is 4.22. The van der Waals surface area contributed by atoms with Crippen LogP contribution in [0.1, 0.15) is 16.2 Å². The number of aromatic amines is 1. The molecule has 0 saturated heterocycles. The van der Waals surface area contributed by atoms with E-state index >= 15 is 0 Å². The number of aromatic nitrogens is 5. The third kappa shape index (κ3) is 4.68. The highest BCUT2D eigenvalue weighted by Gasteiger charge is 2.08. The zero-order valence-electron chi connectivity index (χ0n) is 14.1. The Bertz CT molecular complexity index is 1010. The number of benzene rings is 1. The lowest BCUT2D eigenvalue weighted by Crippen LogP contribution is -2.01. The average Bonchev–Trinajstić information content (AvgIpc) is 3.23. The number of pyridine rings is 1. The Morgan fingerprint density at radius 3 is 3.00 bits per heavy atom. The van der Waals surface area contributed by atoms with Gasteiger partial charge in [-0.05, 0) is 35.5 Å². The lowest BCUT2D eigenvalue weighted by molar-refractivity contribution is 0.0600. The Balaban J connectivity index is 1.74. The first kappa shape index (κ1) is 18.1. The first-order valence-corrected chi connectivity index (χ1v) is 8.44. The Labute approximate surface area is 158 Å². The van der Waals surface area contributed by atoms with Crippen LogP contribution in [0.2, 0.25) is 0 Å². The molecule has 0 radical (unpaired) electrons. The van der Waals surface area contributed by atoms with Crippen molar-refractivity contribution in [2.45, 2.75) is 9.92 Å². The van der Waals surface area contributed by atoms with Crippen molar-refractivity contribution in [1.29, 1.82) is 5.26 Å². The second-order valence-corrected chi connectivity index (χ2v) is 6.15. The highest BCUT2D eigenvalue weighted by atomic mass is 32.2. The number of esters is 1. The third-order valence-electron chi connectivity index (χ3n) is 3.30. The maximum atomic E-state index is 11.6. The van der Waals surface area contributed by atoms with Gasteiger partial charge in [0.05, 0.1) is 12.7 Å². The lowest BCUT2D eigenvalue weighted by Gasteiger charge is -2.06. The number of nitriles is 1. The van der Waals surface area contributed by atoms with Gasteiger partial charge >= 0.3 is 5.97 Å². The standard InChI is InChI=1S/C17H13N7O2S/c1-26-17(25)11-5-6-19-15(7-11)27-14-4-2-3-13(8-14)20-10-12(9-18)16-21-23-24-22-16/h2-8,10,20H,1H3,(H,21,22,23,24). The topological polar surface area (TPSA) is 129 Å². The molecule has 0 bridgehead atoms. The van der Waals surface area contributed by atoms with E-state index < -0.39 is 5.97 Å². The van der Waals surface area contributed by atoms with Crippen molar-refractivity contribution in [3.05, 3.63) is 60.2 Å². The predicted molar refractivity (Wildman–Crippen MR) is 97.5 cm³/mol. The van der Waals surface area contributed by atoms with Gasteiger partial charge in [0.15, 0.2) is 0 Å². The van der Waals surface area contributed by atoms with Crippen LogP contribution in [0.3, 0.4) is 0 Å². The van der Waals surface area contributed by atoms with Crippen LogP contribution < -0.4 is 5.32 Å². The molecule has 0 atom stereocenters. The average molecular weight is 379 g/mol. The molecule has 0 unspecified atom stereocenters. The Kier molecular flexibility index (Phi) is 5.76. The first-order chi connectivity index (χ1) is 13.2. The predicted octanol–water partition coefficient (Wildman–Crippen LogP) is 2.51. The second kappa shape index (κ2) is 8.59. The number of H-pyrrole nitrogens is 1. The maximum absolute atomic E-state index is 11.6. The van der Waals surface area contributed by atoms with Gasteiger partial charge in [0.2, 0.25) is 5.82 Å². The number of nitrogens with one attached hydrogen (secondary N) is 2. The minimum atomic E-state index is -0.412. The van der Waals surface area contributed by atoms with Gasteiger partial charge in [-0.3, -0.25) is 0 Å². The Morgan fingerprint density at radius 1 is 1.37 bits per heavy atom. The number of ether oxygens (including phenoxy) is 1. The van der Waals surface area contributed by atoms with Crippen molar-refractivity contribution in [3.8, 4) is 6.07 Å². The van der Waals surface area contributed by atoms with Crippen molar-refractivity contribution in [1.82, 2.24) is 25.6 Å². The van der Waals surface area contributed by atoms with Gasteiger partial charge in [0, 0.05) is 23.0 Å². The molecule has 0 fully saturated rings. The molecule has 2 aromatic heterocycles. The van der Waals surface area contributed by atoms with Gasteiger partial charge in [0.1, 0.15) is 16.7 Å². The number of hydrogen-bond acceptors (Lipinski definition) is 9. The zero-order valence-corrected chi connectivity index (χ0v) is 14.9. The number of carbonyl (C=O) groups is 1. The minimum Gasteiger partial charge on any atom is -0.465 e. The van der Waals surface area contributed by atoms with Gasteiger partial charge < -0.3 is 10.1 Å². The van der Waals surface area contributed by atoms with Crippen LogP contribution in [0.25, 0.3) is 5.57 Å². The summed E-state index contributed by atoms with van der Waals surface area (Å²) in [6.45, 7) is 0. The number of carbonyl (C=O) groups excluding carboxylic acids is 1. The van der Waals surface area contributed by atoms with Crippen LogP contribution in [0, 0.1) is 11.3 Å². The summed E-state index contributed by atoms with van der Waals surface area (Å²) in [5.74, 6) is -0.204. The van der Waals surface area contributed by atoms with Gasteiger partial charge in [-0.2, -0.15) is 10.5 Å². The molecule has 0 aliphatic rings. The lowest BCUT2D eigenvalue weighted by atomic mass is 10.3. The zero-order chi connectivity index (χ0) is 19.1. The first-order valence-electron chi connectivity index (χ1n) is 7.62. The number of allylic oxidation sites excluding steroid dienone is 1. The van der Waals surface area contributed by atoms with Crippen molar-refractivity contribution in [2.24, 2.45) is 0 Å². The number of nitrogens with zero attached hydrogens (tertiary/aromatic N) is 5. The van der Waals surface area contributed by atoms with Gasteiger partial charge in [-0.25, -0.2) is 9.78 Å². The van der Waals surface area contributed by atoms with E-state index in [2.05, 4.69) is 30.9 Å². The molecule has 134 valence electrons. The van der Waals surface area contributed by atoms with Crippen LogP contribution in [0.15, 0.2) is 58.7 Å². The van der Waals surface area contributed by atoms with E-state index in [-0.39, 0.29) is 11.4 Å². The number of tetrazole rings is 1. The van der Waals surface area contributed by atoms with E-state index in [9.17, 15) is 10.1 Å². The van der Waals surface area contributed by atoms with Crippen LogP contribution >= 0.6 is 11.8 Å². The largest absolute Gasteiger partial charge is 0.465 e. The van der Waals surface area contributed by atoms with Crippen LogP contribution in [-0.4, -0.2) is 38.7 Å². The monoisotopic (exact) mass is 379 g/mol. The minimum absolute atomic E-state index is 0.208. The molecule has 10 heteroatoms. The molecule has 0 amide bonds. The molecule has 0 aliphatic heterocycles. The summed E-state index contributed by atoms with van der Waals surface area (Å²) in [5.41, 5.74) is 1.45. The molecule has 1 aromatic carbocycles. The van der Waals surface area contributed by atoms with E-state index in [0.29, 0.717) is 10.6 Å². The summed E-state index contributed by atoms with van der Waals surface area (Å²) in [6.07, 6.45) is 3.06. The summed E-state index contributed by atoms with van der Waals surface area (Å²) in [4.78, 5) is 16.8. The normalized spacial score (nSPS) is 10.9. The molecule has 27 heavy (non-hydrogen) atoms. The quantitative estimate of drug-likeness (QED) is 0.490. The highest BCUT2D eigenvalue weighted by Crippen LogP contribution is 2.28. The molecule has 0 saturated carbocycles. The molecule has 0 aliphatic carbocycles. The van der Waals surface area contributed by atoms with Crippen molar-refractivity contribution in [2.75, 3.05) is 12.4 Å². The van der Waals surface area contributed by atoms with Crippen LogP contribution in [0.5, 0.6) is 0 Å². The summed E-state index contributed by atoms with van der Waals surface area (Å²) < 4.78 is 4.72. The fourth-order valence-corrected chi connectivity index (χ4v) is 2.93. The van der Waals surface area contributed by atoms with E-state index in [0.717, 1.165) is 10.6 Å². The van der Waals surface area contributed by atoms with Crippen molar-refractivity contribution >= 4 is 29.0 Å².